The molecule has 21 heavy (non-hydrogen) atoms. The maximum atomic E-state index is 6.12. The van der Waals surface area contributed by atoms with E-state index >= 15 is 0 Å². The smallest absolute Gasteiger partial charge is 0.132 e. The minimum atomic E-state index is 0.491. The van der Waals surface area contributed by atoms with Gasteiger partial charge in [-0.2, -0.15) is 0 Å². The van der Waals surface area contributed by atoms with Gasteiger partial charge in [0.05, 0.1) is 0 Å². The zero-order valence-electron chi connectivity index (χ0n) is 12.5. The molecular formula is C17H21ClN2O. The fraction of sp³-hybridized carbons (Fsp3) is 0.353. The fourth-order valence-corrected chi connectivity index (χ4v) is 2.28. The summed E-state index contributed by atoms with van der Waals surface area (Å²) in [6, 6.07) is 9.74. The lowest BCUT2D eigenvalue weighted by molar-refractivity contribution is 0.306. The number of halogens is 1. The van der Waals surface area contributed by atoms with Crippen molar-refractivity contribution < 1.29 is 4.74 Å². The predicted molar refractivity (Wildman–Crippen MR) is 88.2 cm³/mol. The van der Waals surface area contributed by atoms with E-state index in [-0.39, 0.29) is 0 Å². The Morgan fingerprint density at radius 1 is 1.19 bits per heavy atom. The number of benzene rings is 1. The van der Waals surface area contributed by atoms with Crippen LogP contribution in [0.5, 0.6) is 5.75 Å². The first-order chi connectivity index (χ1) is 10.2. The monoisotopic (exact) mass is 304 g/mol. The van der Waals surface area contributed by atoms with Crippen LogP contribution in [0.1, 0.15) is 31.4 Å². The van der Waals surface area contributed by atoms with Crippen LogP contribution in [-0.4, -0.2) is 11.5 Å². The molecule has 0 aliphatic rings. The molecule has 0 spiro atoms. The largest absolute Gasteiger partial charge is 0.489 e. The van der Waals surface area contributed by atoms with Gasteiger partial charge in [0.2, 0.25) is 0 Å². The third kappa shape index (κ3) is 4.36. The van der Waals surface area contributed by atoms with Crippen LogP contribution in [0.15, 0.2) is 36.5 Å². The number of anilines is 1. The van der Waals surface area contributed by atoms with Gasteiger partial charge >= 0.3 is 0 Å². The highest BCUT2D eigenvalue weighted by Gasteiger charge is 2.05. The molecule has 2 rings (SSSR count). The average molecular weight is 305 g/mol. The minimum Gasteiger partial charge on any atom is -0.489 e. The summed E-state index contributed by atoms with van der Waals surface area (Å²) in [7, 11) is 0. The third-order valence-corrected chi connectivity index (χ3v) is 3.59. The van der Waals surface area contributed by atoms with E-state index in [1.165, 1.54) is 0 Å². The van der Waals surface area contributed by atoms with E-state index < -0.39 is 0 Å². The van der Waals surface area contributed by atoms with Crippen LogP contribution in [0.3, 0.4) is 0 Å². The number of pyridine rings is 1. The van der Waals surface area contributed by atoms with Gasteiger partial charge in [0, 0.05) is 23.3 Å². The molecule has 0 bridgehead atoms. The molecule has 0 unspecified atom stereocenters. The van der Waals surface area contributed by atoms with E-state index in [1.807, 2.05) is 30.3 Å². The van der Waals surface area contributed by atoms with Gasteiger partial charge < -0.3 is 10.1 Å². The van der Waals surface area contributed by atoms with Crippen LogP contribution < -0.4 is 10.1 Å². The highest BCUT2D eigenvalue weighted by atomic mass is 35.5. The molecule has 0 atom stereocenters. The number of nitrogens with zero attached hydrogens (tertiary/aromatic N) is 1. The van der Waals surface area contributed by atoms with Crippen molar-refractivity contribution in [1.29, 1.82) is 0 Å². The summed E-state index contributed by atoms with van der Waals surface area (Å²) in [4.78, 5) is 4.36. The van der Waals surface area contributed by atoms with Gasteiger partial charge in [-0.15, -0.1) is 0 Å². The molecule has 2 aromatic rings. The Morgan fingerprint density at radius 3 is 2.81 bits per heavy atom. The molecule has 0 radical (unpaired) electrons. The quantitative estimate of drug-likeness (QED) is 0.805. The SMILES string of the molecule is CCCNc1ncccc1COc1ccc(Cl)c(CC)c1. The third-order valence-electron chi connectivity index (χ3n) is 3.23. The number of rotatable bonds is 7. The summed E-state index contributed by atoms with van der Waals surface area (Å²) in [5, 5.41) is 4.11. The molecule has 0 aliphatic heterocycles. The van der Waals surface area contributed by atoms with Crippen LogP contribution in [0, 0.1) is 0 Å². The van der Waals surface area contributed by atoms with Crippen molar-refractivity contribution in [2.24, 2.45) is 0 Å². The second-order valence-corrected chi connectivity index (χ2v) is 5.24. The lowest BCUT2D eigenvalue weighted by Crippen LogP contribution is -2.07. The standard InChI is InChI=1S/C17H21ClN2O/c1-3-9-19-17-14(6-5-10-20-17)12-21-15-7-8-16(18)13(4-2)11-15/h5-8,10-11H,3-4,9,12H2,1-2H3,(H,19,20). The normalized spacial score (nSPS) is 10.4. The Kier molecular flexibility index (Phi) is 5.88. The number of aromatic nitrogens is 1. The highest BCUT2D eigenvalue weighted by Crippen LogP contribution is 2.24. The van der Waals surface area contributed by atoms with Crippen molar-refractivity contribution in [2.75, 3.05) is 11.9 Å². The van der Waals surface area contributed by atoms with E-state index in [4.69, 9.17) is 16.3 Å². The van der Waals surface area contributed by atoms with Gasteiger partial charge in [0.25, 0.3) is 0 Å². The number of hydrogen-bond acceptors (Lipinski definition) is 3. The maximum Gasteiger partial charge on any atom is 0.132 e. The van der Waals surface area contributed by atoms with Crippen LogP contribution in [0.4, 0.5) is 5.82 Å². The summed E-state index contributed by atoms with van der Waals surface area (Å²) >= 11 is 6.12. The molecule has 1 heterocycles. The van der Waals surface area contributed by atoms with Crippen LogP contribution in [-0.2, 0) is 13.0 Å². The van der Waals surface area contributed by atoms with Gasteiger partial charge in [0.15, 0.2) is 0 Å². The zero-order chi connectivity index (χ0) is 15.1. The summed E-state index contributed by atoms with van der Waals surface area (Å²) in [6.07, 6.45) is 3.75. The van der Waals surface area contributed by atoms with E-state index in [1.54, 1.807) is 6.20 Å². The Morgan fingerprint density at radius 2 is 2.05 bits per heavy atom. The first kappa shape index (κ1) is 15.6. The first-order valence-electron chi connectivity index (χ1n) is 7.33. The highest BCUT2D eigenvalue weighted by molar-refractivity contribution is 6.31. The second kappa shape index (κ2) is 7.89. The summed E-state index contributed by atoms with van der Waals surface area (Å²) in [5.41, 5.74) is 2.16. The zero-order valence-corrected chi connectivity index (χ0v) is 13.3. The lowest BCUT2D eigenvalue weighted by atomic mass is 10.1. The molecule has 0 saturated heterocycles. The Bertz CT molecular complexity index is 587. The van der Waals surface area contributed by atoms with Gasteiger partial charge in [-0.05, 0) is 42.7 Å². The Labute approximate surface area is 131 Å². The molecule has 1 aromatic heterocycles. The Balaban J connectivity index is 2.06. The van der Waals surface area contributed by atoms with E-state index in [0.29, 0.717) is 6.61 Å². The minimum absolute atomic E-state index is 0.491. The van der Waals surface area contributed by atoms with Gasteiger partial charge in [-0.1, -0.05) is 31.5 Å². The first-order valence-corrected chi connectivity index (χ1v) is 7.71. The van der Waals surface area contributed by atoms with E-state index in [9.17, 15) is 0 Å². The topological polar surface area (TPSA) is 34.2 Å². The Hall–Kier alpha value is -1.74. The van der Waals surface area contributed by atoms with E-state index in [2.05, 4.69) is 24.1 Å². The maximum absolute atomic E-state index is 6.12. The van der Waals surface area contributed by atoms with Crippen LogP contribution in [0.25, 0.3) is 0 Å². The lowest BCUT2D eigenvalue weighted by Gasteiger charge is -2.12. The van der Waals surface area contributed by atoms with Crippen molar-refractivity contribution in [3.05, 3.63) is 52.7 Å². The number of aryl methyl sites for hydroxylation is 1. The number of nitrogens with one attached hydrogen (secondary N) is 1. The second-order valence-electron chi connectivity index (χ2n) is 4.83. The molecule has 4 heteroatoms. The fourth-order valence-electron chi connectivity index (χ4n) is 2.03. The van der Waals surface area contributed by atoms with E-state index in [0.717, 1.165) is 47.1 Å². The molecule has 1 N–H and O–H groups in total. The molecule has 0 saturated carbocycles. The molecular weight excluding hydrogens is 284 g/mol. The molecule has 0 fully saturated rings. The number of hydrogen-bond donors (Lipinski definition) is 1. The predicted octanol–water partition coefficient (Wildman–Crippen LogP) is 4.70. The molecule has 3 nitrogen and oxygen atoms in total. The molecule has 112 valence electrons. The van der Waals surface area contributed by atoms with Crippen molar-refractivity contribution in [2.45, 2.75) is 33.3 Å². The van der Waals surface area contributed by atoms with Gasteiger partial charge in [-0.25, -0.2) is 4.98 Å². The van der Waals surface area contributed by atoms with Crippen molar-refractivity contribution >= 4 is 17.4 Å². The number of ether oxygens (including phenoxy) is 1. The molecule has 0 amide bonds. The molecule has 1 aromatic carbocycles. The van der Waals surface area contributed by atoms with Crippen molar-refractivity contribution in [3.8, 4) is 5.75 Å². The van der Waals surface area contributed by atoms with Crippen molar-refractivity contribution in [1.82, 2.24) is 4.98 Å². The summed E-state index contributed by atoms with van der Waals surface area (Å²) in [5.74, 6) is 1.73. The average Bonchev–Trinajstić information content (AvgIpc) is 2.53. The van der Waals surface area contributed by atoms with Gasteiger partial charge in [-0.3, -0.25) is 0 Å². The van der Waals surface area contributed by atoms with Crippen molar-refractivity contribution in [3.63, 3.8) is 0 Å². The summed E-state index contributed by atoms with van der Waals surface area (Å²) < 4.78 is 5.87. The summed E-state index contributed by atoms with van der Waals surface area (Å²) in [6.45, 7) is 5.61. The molecule has 0 aliphatic carbocycles. The van der Waals surface area contributed by atoms with Gasteiger partial charge in [0.1, 0.15) is 18.2 Å². The van der Waals surface area contributed by atoms with Crippen LogP contribution in [0.2, 0.25) is 5.02 Å². The van der Waals surface area contributed by atoms with Crippen LogP contribution >= 0.6 is 11.6 Å².